The maximum absolute atomic E-state index is 11.6. The highest BCUT2D eigenvalue weighted by Crippen LogP contribution is 2.22. The van der Waals surface area contributed by atoms with E-state index in [4.69, 9.17) is 4.74 Å². The smallest absolute Gasteiger partial charge is 0.306 e. The van der Waals surface area contributed by atoms with Gasteiger partial charge in [0.2, 0.25) is 0 Å². The number of esters is 1. The molecule has 0 bridgehead atoms. The molecule has 2 aliphatic rings. The highest BCUT2D eigenvalue weighted by atomic mass is 16.5. The van der Waals surface area contributed by atoms with Crippen molar-refractivity contribution in [3.8, 4) is 0 Å². The minimum atomic E-state index is 0.0254. The second kappa shape index (κ2) is 6.24. The van der Waals surface area contributed by atoms with Crippen LogP contribution < -0.4 is 5.32 Å². The number of rotatable bonds is 4. The first-order chi connectivity index (χ1) is 7.84. The van der Waals surface area contributed by atoms with Crippen LogP contribution in [-0.2, 0) is 9.53 Å². The van der Waals surface area contributed by atoms with Crippen LogP contribution >= 0.6 is 0 Å². The molecule has 92 valence electrons. The third-order valence-electron chi connectivity index (χ3n) is 3.76. The van der Waals surface area contributed by atoms with Crippen LogP contribution in [0.2, 0.25) is 0 Å². The molecule has 1 atom stereocenters. The fraction of sp³-hybridized carbons (Fsp3) is 0.923. The molecule has 1 saturated carbocycles. The minimum Gasteiger partial charge on any atom is -0.462 e. The van der Waals surface area contributed by atoms with E-state index in [-0.39, 0.29) is 12.1 Å². The molecule has 2 fully saturated rings. The lowest BCUT2D eigenvalue weighted by Gasteiger charge is -2.22. The maximum Gasteiger partial charge on any atom is 0.306 e. The largest absolute Gasteiger partial charge is 0.462 e. The molecule has 3 heteroatoms. The molecule has 1 aliphatic heterocycles. The lowest BCUT2D eigenvalue weighted by molar-refractivity contribution is -0.149. The summed E-state index contributed by atoms with van der Waals surface area (Å²) in [5.41, 5.74) is 0. The number of hydrogen-bond acceptors (Lipinski definition) is 3. The molecule has 1 saturated heterocycles. The third kappa shape index (κ3) is 3.78. The standard InChI is InChI=1S/C13H23NO2/c15-13(16-12-5-1-2-6-12)8-7-11-4-3-9-14-10-11/h11-12,14H,1-10H2. The van der Waals surface area contributed by atoms with E-state index in [2.05, 4.69) is 5.32 Å². The molecule has 1 N–H and O–H groups in total. The van der Waals surface area contributed by atoms with E-state index >= 15 is 0 Å². The van der Waals surface area contributed by atoms with Crippen LogP contribution in [0.25, 0.3) is 0 Å². The van der Waals surface area contributed by atoms with Crippen molar-refractivity contribution >= 4 is 5.97 Å². The van der Waals surface area contributed by atoms with E-state index in [1.54, 1.807) is 0 Å². The van der Waals surface area contributed by atoms with E-state index in [0.29, 0.717) is 12.3 Å². The molecular weight excluding hydrogens is 202 g/mol. The summed E-state index contributed by atoms with van der Waals surface area (Å²) in [6, 6.07) is 0. The topological polar surface area (TPSA) is 38.3 Å². The van der Waals surface area contributed by atoms with Crippen molar-refractivity contribution in [3.63, 3.8) is 0 Å². The van der Waals surface area contributed by atoms with E-state index in [0.717, 1.165) is 32.4 Å². The van der Waals surface area contributed by atoms with Gasteiger partial charge in [0, 0.05) is 6.42 Å². The van der Waals surface area contributed by atoms with Gasteiger partial charge in [0.05, 0.1) is 0 Å². The Kier molecular flexibility index (Phi) is 4.64. The van der Waals surface area contributed by atoms with E-state index in [1.807, 2.05) is 0 Å². The Morgan fingerprint density at radius 1 is 1.19 bits per heavy atom. The van der Waals surface area contributed by atoms with Gasteiger partial charge in [-0.3, -0.25) is 4.79 Å². The Morgan fingerprint density at radius 3 is 2.69 bits per heavy atom. The lowest BCUT2D eigenvalue weighted by Crippen LogP contribution is -2.30. The van der Waals surface area contributed by atoms with Crippen molar-refractivity contribution in [2.75, 3.05) is 13.1 Å². The second-order valence-electron chi connectivity index (χ2n) is 5.15. The molecule has 0 aromatic carbocycles. The summed E-state index contributed by atoms with van der Waals surface area (Å²) in [5.74, 6) is 0.711. The van der Waals surface area contributed by atoms with Crippen LogP contribution in [0.4, 0.5) is 0 Å². The lowest BCUT2D eigenvalue weighted by atomic mass is 9.95. The summed E-state index contributed by atoms with van der Waals surface area (Å²) < 4.78 is 5.44. The average Bonchev–Trinajstić information content (AvgIpc) is 2.81. The zero-order valence-corrected chi connectivity index (χ0v) is 10.0. The molecule has 0 amide bonds. The highest BCUT2D eigenvalue weighted by molar-refractivity contribution is 5.69. The van der Waals surface area contributed by atoms with Gasteiger partial charge in [-0.15, -0.1) is 0 Å². The van der Waals surface area contributed by atoms with E-state index in [1.165, 1.54) is 25.7 Å². The molecule has 1 unspecified atom stereocenters. The Balaban J connectivity index is 1.59. The summed E-state index contributed by atoms with van der Waals surface area (Å²) >= 11 is 0. The van der Waals surface area contributed by atoms with E-state index < -0.39 is 0 Å². The predicted octanol–water partition coefficient (Wildman–Crippen LogP) is 2.25. The molecule has 1 heterocycles. The van der Waals surface area contributed by atoms with Gasteiger partial charge in [-0.1, -0.05) is 0 Å². The molecule has 0 radical (unpaired) electrons. The average molecular weight is 225 g/mol. The monoisotopic (exact) mass is 225 g/mol. The molecule has 0 spiro atoms. The van der Waals surface area contributed by atoms with Crippen molar-refractivity contribution in [1.82, 2.24) is 5.32 Å². The normalized spacial score (nSPS) is 26.9. The van der Waals surface area contributed by atoms with Gasteiger partial charge < -0.3 is 10.1 Å². The SMILES string of the molecule is O=C(CCC1CCCNC1)OC1CCCC1. The first-order valence-corrected chi connectivity index (χ1v) is 6.75. The maximum atomic E-state index is 11.6. The summed E-state index contributed by atoms with van der Waals surface area (Å²) in [6.45, 7) is 2.22. The predicted molar refractivity (Wildman–Crippen MR) is 63.2 cm³/mol. The van der Waals surface area contributed by atoms with Gasteiger partial charge >= 0.3 is 5.97 Å². The number of ether oxygens (including phenoxy) is 1. The molecule has 16 heavy (non-hydrogen) atoms. The summed E-state index contributed by atoms with van der Waals surface area (Å²) in [4.78, 5) is 11.6. The number of hydrogen-bond donors (Lipinski definition) is 1. The number of carbonyl (C=O) groups excluding carboxylic acids is 1. The Morgan fingerprint density at radius 2 is 2.00 bits per heavy atom. The van der Waals surface area contributed by atoms with Crippen LogP contribution in [0.1, 0.15) is 51.4 Å². The van der Waals surface area contributed by atoms with Crippen molar-refractivity contribution in [1.29, 1.82) is 0 Å². The van der Waals surface area contributed by atoms with Gasteiger partial charge in [-0.05, 0) is 64.0 Å². The number of nitrogens with one attached hydrogen (secondary N) is 1. The van der Waals surface area contributed by atoms with Gasteiger partial charge in [-0.2, -0.15) is 0 Å². The summed E-state index contributed by atoms with van der Waals surface area (Å²) in [7, 11) is 0. The number of carbonyl (C=O) groups is 1. The molecule has 1 aliphatic carbocycles. The summed E-state index contributed by atoms with van der Waals surface area (Å²) in [6.07, 6.45) is 8.98. The molecule has 3 nitrogen and oxygen atoms in total. The van der Waals surface area contributed by atoms with Crippen LogP contribution in [0.5, 0.6) is 0 Å². The van der Waals surface area contributed by atoms with Gasteiger partial charge in [-0.25, -0.2) is 0 Å². The molecule has 0 aromatic rings. The van der Waals surface area contributed by atoms with Crippen molar-refractivity contribution in [2.24, 2.45) is 5.92 Å². The highest BCUT2D eigenvalue weighted by Gasteiger charge is 2.20. The van der Waals surface area contributed by atoms with Crippen molar-refractivity contribution in [2.45, 2.75) is 57.5 Å². The van der Waals surface area contributed by atoms with Crippen LogP contribution in [0.3, 0.4) is 0 Å². The van der Waals surface area contributed by atoms with Gasteiger partial charge in [0.25, 0.3) is 0 Å². The first-order valence-electron chi connectivity index (χ1n) is 6.75. The zero-order chi connectivity index (χ0) is 11.2. The van der Waals surface area contributed by atoms with Crippen molar-refractivity contribution < 1.29 is 9.53 Å². The molecular formula is C13H23NO2. The van der Waals surface area contributed by atoms with Crippen molar-refractivity contribution in [3.05, 3.63) is 0 Å². The molecule has 2 rings (SSSR count). The second-order valence-corrected chi connectivity index (χ2v) is 5.15. The Bertz CT molecular complexity index is 218. The van der Waals surface area contributed by atoms with Gasteiger partial charge in [0.15, 0.2) is 0 Å². The number of piperidine rings is 1. The quantitative estimate of drug-likeness (QED) is 0.746. The minimum absolute atomic E-state index is 0.0254. The van der Waals surface area contributed by atoms with Crippen LogP contribution in [-0.4, -0.2) is 25.2 Å². The zero-order valence-electron chi connectivity index (χ0n) is 10.0. The fourth-order valence-corrected chi connectivity index (χ4v) is 2.74. The molecule has 0 aromatic heterocycles. The van der Waals surface area contributed by atoms with E-state index in [9.17, 15) is 4.79 Å². The Hall–Kier alpha value is -0.570. The summed E-state index contributed by atoms with van der Waals surface area (Å²) in [5, 5.41) is 3.38. The van der Waals surface area contributed by atoms with Crippen LogP contribution in [0.15, 0.2) is 0 Å². The third-order valence-corrected chi connectivity index (χ3v) is 3.76. The first kappa shape index (κ1) is 11.9. The van der Waals surface area contributed by atoms with Gasteiger partial charge in [0.1, 0.15) is 6.10 Å². The van der Waals surface area contributed by atoms with Crippen LogP contribution in [0, 0.1) is 5.92 Å². The fourth-order valence-electron chi connectivity index (χ4n) is 2.74. The Labute approximate surface area is 97.9 Å².